The van der Waals surface area contributed by atoms with Gasteiger partial charge in [0, 0.05) is 30.7 Å². The minimum Gasteiger partial charge on any atom is -0.497 e. The summed E-state index contributed by atoms with van der Waals surface area (Å²) < 4.78 is 5.13. The molecule has 1 amide bonds. The SMILES string of the molecule is COc1cccc(NC(=O)c2cnc(NCCCN(C)C)nc2)c1. The summed E-state index contributed by atoms with van der Waals surface area (Å²) in [5.41, 5.74) is 1.06. The number of ether oxygens (including phenoxy) is 1. The predicted octanol–water partition coefficient (Wildman–Crippen LogP) is 2.10. The van der Waals surface area contributed by atoms with Crippen molar-refractivity contribution in [2.75, 3.05) is 44.9 Å². The Morgan fingerprint density at radius 2 is 2.00 bits per heavy atom. The Morgan fingerprint density at radius 1 is 1.25 bits per heavy atom. The molecule has 0 fully saturated rings. The normalized spacial score (nSPS) is 10.5. The fourth-order valence-electron chi connectivity index (χ4n) is 2.04. The molecular weight excluding hydrogens is 306 g/mol. The zero-order valence-electron chi connectivity index (χ0n) is 14.2. The van der Waals surface area contributed by atoms with Crippen molar-refractivity contribution in [2.24, 2.45) is 0 Å². The lowest BCUT2D eigenvalue weighted by atomic mass is 10.2. The molecule has 1 heterocycles. The van der Waals surface area contributed by atoms with Gasteiger partial charge in [-0.1, -0.05) is 6.07 Å². The first-order chi connectivity index (χ1) is 11.6. The molecule has 0 bridgehead atoms. The van der Waals surface area contributed by atoms with Crippen LogP contribution in [0.4, 0.5) is 11.6 Å². The van der Waals surface area contributed by atoms with Crippen molar-refractivity contribution < 1.29 is 9.53 Å². The maximum Gasteiger partial charge on any atom is 0.258 e. The molecule has 0 unspecified atom stereocenters. The number of hydrogen-bond donors (Lipinski definition) is 2. The average Bonchev–Trinajstić information content (AvgIpc) is 2.59. The Hall–Kier alpha value is -2.67. The van der Waals surface area contributed by atoms with Gasteiger partial charge in [-0.15, -0.1) is 0 Å². The Kier molecular flexibility index (Phi) is 6.51. The molecule has 0 aliphatic rings. The summed E-state index contributed by atoms with van der Waals surface area (Å²) in [6.07, 6.45) is 4.02. The van der Waals surface area contributed by atoms with Gasteiger partial charge in [0.1, 0.15) is 5.75 Å². The maximum atomic E-state index is 12.2. The van der Waals surface area contributed by atoms with E-state index in [1.165, 1.54) is 12.4 Å². The van der Waals surface area contributed by atoms with E-state index in [0.29, 0.717) is 22.9 Å². The second-order valence-corrected chi connectivity index (χ2v) is 5.57. The van der Waals surface area contributed by atoms with Crippen LogP contribution < -0.4 is 15.4 Å². The van der Waals surface area contributed by atoms with Crippen LogP contribution in [0.15, 0.2) is 36.7 Å². The first kappa shape index (κ1) is 17.7. The Bertz CT molecular complexity index is 658. The molecule has 1 aromatic carbocycles. The standard InChI is InChI=1S/C17H23N5O2/c1-22(2)9-5-8-18-17-19-11-13(12-20-17)16(23)21-14-6-4-7-15(10-14)24-3/h4,6-7,10-12H,5,8-9H2,1-3H3,(H,21,23)(H,18,19,20). The highest BCUT2D eigenvalue weighted by molar-refractivity contribution is 6.03. The van der Waals surface area contributed by atoms with Gasteiger partial charge in [-0.3, -0.25) is 4.79 Å². The van der Waals surface area contributed by atoms with Gasteiger partial charge in [0.15, 0.2) is 0 Å². The highest BCUT2D eigenvalue weighted by Gasteiger charge is 2.08. The number of hydrogen-bond acceptors (Lipinski definition) is 6. The van der Waals surface area contributed by atoms with Crippen LogP contribution in [0.5, 0.6) is 5.75 Å². The zero-order chi connectivity index (χ0) is 17.4. The first-order valence-electron chi connectivity index (χ1n) is 7.74. The highest BCUT2D eigenvalue weighted by Crippen LogP contribution is 2.17. The Morgan fingerprint density at radius 3 is 2.67 bits per heavy atom. The van der Waals surface area contributed by atoms with Crippen LogP contribution in [-0.2, 0) is 0 Å². The van der Waals surface area contributed by atoms with Crippen molar-refractivity contribution >= 4 is 17.5 Å². The van der Waals surface area contributed by atoms with Crippen LogP contribution in [0.3, 0.4) is 0 Å². The van der Waals surface area contributed by atoms with E-state index in [9.17, 15) is 4.79 Å². The van der Waals surface area contributed by atoms with Gasteiger partial charge in [-0.25, -0.2) is 9.97 Å². The van der Waals surface area contributed by atoms with Crippen LogP contribution in [0, 0.1) is 0 Å². The molecule has 0 saturated carbocycles. The molecular formula is C17H23N5O2. The minimum atomic E-state index is -0.262. The second-order valence-electron chi connectivity index (χ2n) is 5.57. The average molecular weight is 329 g/mol. The Balaban J connectivity index is 1.88. The Labute approximate surface area is 142 Å². The fraction of sp³-hybridized carbons (Fsp3) is 0.353. The molecule has 128 valence electrons. The number of rotatable bonds is 8. The van der Waals surface area contributed by atoms with Crippen LogP contribution in [0.1, 0.15) is 16.8 Å². The minimum absolute atomic E-state index is 0.262. The van der Waals surface area contributed by atoms with Gasteiger partial charge in [0.05, 0.1) is 12.7 Å². The van der Waals surface area contributed by atoms with E-state index in [-0.39, 0.29) is 5.91 Å². The molecule has 2 N–H and O–H groups in total. The second kappa shape index (κ2) is 8.83. The van der Waals surface area contributed by atoms with E-state index in [4.69, 9.17) is 4.74 Å². The molecule has 7 nitrogen and oxygen atoms in total. The molecule has 2 aromatic rings. The number of nitrogens with one attached hydrogen (secondary N) is 2. The monoisotopic (exact) mass is 329 g/mol. The lowest BCUT2D eigenvalue weighted by Gasteiger charge is -2.10. The van der Waals surface area contributed by atoms with Crippen LogP contribution in [0.2, 0.25) is 0 Å². The highest BCUT2D eigenvalue weighted by atomic mass is 16.5. The molecule has 0 radical (unpaired) electrons. The number of amides is 1. The molecule has 0 atom stereocenters. The summed E-state index contributed by atoms with van der Waals surface area (Å²) in [6.45, 7) is 1.78. The summed E-state index contributed by atoms with van der Waals surface area (Å²) in [4.78, 5) is 22.7. The number of carbonyl (C=O) groups is 1. The van der Waals surface area contributed by atoms with Crippen molar-refractivity contribution in [1.29, 1.82) is 0 Å². The van der Waals surface area contributed by atoms with Gasteiger partial charge in [0.25, 0.3) is 5.91 Å². The van der Waals surface area contributed by atoms with E-state index in [1.54, 1.807) is 19.2 Å². The van der Waals surface area contributed by atoms with Gasteiger partial charge in [-0.2, -0.15) is 0 Å². The number of carbonyl (C=O) groups excluding carboxylic acids is 1. The maximum absolute atomic E-state index is 12.2. The zero-order valence-corrected chi connectivity index (χ0v) is 14.2. The largest absolute Gasteiger partial charge is 0.497 e. The number of nitrogens with zero attached hydrogens (tertiary/aromatic N) is 3. The molecule has 0 spiro atoms. The third-order valence-electron chi connectivity index (χ3n) is 3.31. The molecule has 1 aromatic heterocycles. The topological polar surface area (TPSA) is 79.4 Å². The lowest BCUT2D eigenvalue weighted by molar-refractivity contribution is 0.102. The van der Waals surface area contributed by atoms with Crippen LogP contribution in [-0.4, -0.2) is 55.1 Å². The summed E-state index contributed by atoms with van der Waals surface area (Å²) in [6, 6.07) is 7.17. The van der Waals surface area contributed by atoms with E-state index in [1.807, 2.05) is 26.2 Å². The van der Waals surface area contributed by atoms with E-state index >= 15 is 0 Å². The summed E-state index contributed by atoms with van der Waals surface area (Å²) in [5, 5.41) is 5.93. The summed E-state index contributed by atoms with van der Waals surface area (Å²) >= 11 is 0. The smallest absolute Gasteiger partial charge is 0.258 e. The first-order valence-corrected chi connectivity index (χ1v) is 7.74. The van der Waals surface area contributed by atoms with Crippen molar-refractivity contribution in [3.63, 3.8) is 0 Å². The van der Waals surface area contributed by atoms with Crippen molar-refractivity contribution in [3.8, 4) is 5.75 Å². The number of aromatic nitrogens is 2. The van der Waals surface area contributed by atoms with Gasteiger partial charge < -0.3 is 20.3 Å². The van der Waals surface area contributed by atoms with Crippen LogP contribution in [0.25, 0.3) is 0 Å². The van der Waals surface area contributed by atoms with Gasteiger partial charge >= 0.3 is 0 Å². The van der Waals surface area contributed by atoms with Crippen LogP contribution >= 0.6 is 0 Å². The van der Waals surface area contributed by atoms with E-state index in [2.05, 4.69) is 25.5 Å². The molecule has 7 heteroatoms. The molecule has 24 heavy (non-hydrogen) atoms. The molecule has 0 aliphatic heterocycles. The predicted molar refractivity (Wildman–Crippen MR) is 94.6 cm³/mol. The number of anilines is 2. The molecule has 2 rings (SSSR count). The quantitative estimate of drug-likeness (QED) is 0.722. The van der Waals surface area contributed by atoms with E-state index in [0.717, 1.165) is 19.5 Å². The summed E-state index contributed by atoms with van der Waals surface area (Å²) in [7, 11) is 5.65. The van der Waals surface area contributed by atoms with E-state index < -0.39 is 0 Å². The number of methoxy groups -OCH3 is 1. The van der Waals surface area contributed by atoms with Gasteiger partial charge in [0.2, 0.25) is 5.95 Å². The molecule has 0 saturated heterocycles. The van der Waals surface area contributed by atoms with Crippen molar-refractivity contribution in [2.45, 2.75) is 6.42 Å². The fourth-order valence-corrected chi connectivity index (χ4v) is 2.04. The van der Waals surface area contributed by atoms with Gasteiger partial charge in [-0.05, 0) is 39.2 Å². The molecule has 0 aliphatic carbocycles. The number of benzene rings is 1. The third-order valence-corrected chi connectivity index (χ3v) is 3.31. The third kappa shape index (κ3) is 5.51. The lowest BCUT2D eigenvalue weighted by Crippen LogP contribution is -2.17. The van der Waals surface area contributed by atoms with Crippen molar-refractivity contribution in [3.05, 3.63) is 42.2 Å². The van der Waals surface area contributed by atoms with Crippen molar-refractivity contribution in [1.82, 2.24) is 14.9 Å². The summed E-state index contributed by atoms with van der Waals surface area (Å²) in [5.74, 6) is 0.940.